The van der Waals surface area contributed by atoms with Gasteiger partial charge in [-0.05, 0) is 30.4 Å². The van der Waals surface area contributed by atoms with Crippen LogP contribution in [0, 0.1) is 5.41 Å². The minimum atomic E-state index is 0. The van der Waals surface area contributed by atoms with Crippen molar-refractivity contribution in [2.24, 2.45) is 10.4 Å². The Morgan fingerprint density at radius 3 is 2.57 bits per heavy atom. The molecule has 1 saturated heterocycles. The number of anilines is 1. The molecule has 1 aliphatic heterocycles. The van der Waals surface area contributed by atoms with E-state index >= 15 is 0 Å². The average Bonchev–Trinajstić information content (AvgIpc) is 2.94. The average molecular weight is 430 g/mol. The predicted octanol–water partition coefficient (Wildman–Crippen LogP) is 3.48. The largest absolute Gasteiger partial charge is 0.369 e. The Kier molecular flexibility index (Phi) is 8.16. The third kappa shape index (κ3) is 6.97. The maximum absolute atomic E-state index is 4.34. The lowest BCUT2D eigenvalue weighted by atomic mass is 9.92. The smallest absolute Gasteiger partial charge is 0.191 e. The molecular weight excluding hydrogens is 399 g/mol. The molecule has 1 heterocycles. The zero-order valence-electron chi connectivity index (χ0n) is 14.8. The van der Waals surface area contributed by atoms with Crippen molar-refractivity contribution in [1.82, 2.24) is 10.6 Å². The van der Waals surface area contributed by atoms with Crippen LogP contribution in [0.4, 0.5) is 5.69 Å². The lowest BCUT2D eigenvalue weighted by molar-refractivity contribution is 0.377. The van der Waals surface area contributed by atoms with Crippen LogP contribution in [0.5, 0.6) is 0 Å². The number of halogens is 1. The van der Waals surface area contributed by atoms with Gasteiger partial charge in [0.15, 0.2) is 5.96 Å². The fourth-order valence-corrected chi connectivity index (χ4v) is 2.70. The summed E-state index contributed by atoms with van der Waals surface area (Å²) in [5.74, 6) is 0.921. The topological polar surface area (TPSA) is 39.7 Å². The van der Waals surface area contributed by atoms with Gasteiger partial charge in [0.2, 0.25) is 0 Å². The molecule has 4 nitrogen and oxygen atoms in total. The first-order valence-corrected chi connectivity index (χ1v) is 8.25. The van der Waals surface area contributed by atoms with Crippen molar-refractivity contribution in [1.29, 1.82) is 0 Å². The summed E-state index contributed by atoms with van der Waals surface area (Å²) in [6.07, 6.45) is 2.28. The van der Waals surface area contributed by atoms with E-state index in [0.29, 0.717) is 11.5 Å². The van der Waals surface area contributed by atoms with Gasteiger partial charge in [-0.2, -0.15) is 0 Å². The molecule has 1 unspecified atom stereocenters. The van der Waals surface area contributed by atoms with E-state index in [1.54, 1.807) is 0 Å². The number of guanidine groups is 1. The minimum Gasteiger partial charge on any atom is -0.369 e. The van der Waals surface area contributed by atoms with Crippen molar-refractivity contribution < 1.29 is 0 Å². The predicted molar refractivity (Wildman–Crippen MR) is 111 cm³/mol. The van der Waals surface area contributed by atoms with Crippen LogP contribution in [0.3, 0.4) is 0 Å². The summed E-state index contributed by atoms with van der Waals surface area (Å²) in [5.41, 5.74) is 1.66. The zero-order valence-corrected chi connectivity index (χ0v) is 17.1. The molecule has 1 aliphatic rings. The second kappa shape index (κ2) is 9.35. The lowest BCUT2D eigenvalue weighted by Gasteiger charge is -2.22. The summed E-state index contributed by atoms with van der Waals surface area (Å²) < 4.78 is 0. The highest BCUT2D eigenvalue weighted by atomic mass is 127. The molecule has 1 fully saturated rings. The van der Waals surface area contributed by atoms with Crippen LogP contribution >= 0.6 is 24.0 Å². The maximum atomic E-state index is 4.34. The molecule has 23 heavy (non-hydrogen) atoms. The molecule has 0 radical (unpaired) electrons. The second-order valence-corrected chi connectivity index (χ2v) is 7.22. The van der Waals surface area contributed by atoms with Crippen molar-refractivity contribution in [2.75, 3.05) is 31.6 Å². The summed E-state index contributed by atoms with van der Waals surface area (Å²) in [6.45, 7) is 9.88. The van der Waals surface area contributed by atoms with E-state index in [-0.39, 0.29) is 24.0 Å². The van der Waals surface area contributed by atoms with E-state index < -0.39 is 0 Å². The fraction of sp³-hybridized carbons (Fsp3) is 0.611. The number of hydrogen-bond acceptors (Lipinski definition) is 2. The first-order valence-electron chi connectivity index (χ1n) is 8.25. The minimum absolute atomic E-state index is 0. The number of hydrogen-bond donors (Lipinski definition) is 2. The van der Waals surface area contributed by atoms with E-state index in [2.05, 4.69) is 71.6 Å². The summed E-state index contributed by atoms with van der Waals surface area (Å²) >= 11 is 0. The van der Waals surface area contributed by atoms with Crippen LogP contribution in [0.25, 0.3) is 0 Å². The molecule has 1 aromatic rings. The van der Waals surface area contributed by atoms with Crippen LogP contribution in [-0.2, 0) is 0 Å². The van der Waals surface area contributed by atoms with Gasteiger partial charge in [-0.25, -0.2) is 0 Å². The highest BCUT2D eigenvalue weighted by molar-refractivity contribution is 14.0. The SMILES string of the molecule is CN=C(NCCC(C)(C)C)NC1CCN(c2ccccc2)C1.I. The number of para-hydroxylation sites is 1. The molecule has 0 bridgehead atoms. The number of benzene rings is 1. The van der Waals surface area contributed by atoms with Crippen LogP contribution in [0.1, 0.15) is 33.6 Å². The van der Waals surface area contributed by atoms with Gasteiger partial charge in [0.1, 0.15) is 0 Å². The Morgan fingerprint density at radius 1 is 1.26 bits per heavy atom. The molecular formula is C18H31IN4. The standard InChI is InChI=1S/C18H30N4.HI/c1-18(2,3)11-12-20-17(19-4)21-15-10-13-22(14-15)16-8-6-5-7-9-16;/h5-9,15H,10-14H2,1-4H3,(H2,19,20,21);1H. The normalized spacial score (nSPS) is 18.5. The summed E-state index contributed by atoms with van der Waals surface area (Å²) in [5, 5.41) is 6.98. The quantitative estimate of drug-likeness (QED) is 0.437. The number of nitrogens with one attached hydrogen (secondary N) is 2. The van der Waals surface area contributed by atoms with Gasteiger partial charge >= 0.3 is 0 Å². The van der Waals surface area contributed by atoms with E-state index in [1.807, 2.05) is 7.05 Å². The maximum Gasteiger partial charge on any atom is 0.191 e. The van der Waals surface area contributed by atoms with Crippen LogP contribution in [-0.4, -0.2) is 38.7 Å². The monoisotopic (exact) mass is 430 g/mol. The van der Waals surface area contributed by atoms with E-state index in [1.165, 1.54) is 5.69 Å². The lowest BCUT2D eigenvalue weighted by Crippen LogP contribution is -2.45. The summed E-state index contributed by atoms with van der Waals surface area (Å²) in [7, 11) is 1.84. The number of nitrogens with zero attached hydrogens (tertiary/aromatic N) is 2. The second-order valence-electron chi connectivity index (χ2n) is 7.22. The molecule has 0 spiro atoms. The molecule has 5 heteroatoms. The molecule has 0 aliphatic carbocycles. The molecule has 1 aromatic carbocycles. The van der Waals surface area contributed by atoms with Gasteiger partial charge < -0.3 is 15.5 Å². The van der Waals surface area contributed by atoms with Crippen molar-refractivity contribution in [3.8, 4) is 0 Å². The highest BCUT2D eigenvalue weighted by Gasteiger charge is 2.23. The van der Waals surface area contributed by atoms with Gasteiger partial charge in [0.25, 0.3) is 0 Å². The van der Waals surface area contributed by atoms with E-state index in [4.69, 9.17) is 0 Å². The first-order chi connectivity index (χ1) is 10.5. The van der Waals surface area contributed by atoms with E-state index in [9.17, 15) is 0 Å². The van der Waals surface area contributed by atoms with Gasteiger partial charge in [-0.1, -0.05) is 39.0 Å². The number of rotatable bonds is 4. The number of aliphatic imine (C=N–C) groups is 1. The van der Waals surface area contributed by atoms with Crippen LogP contribution in [0.15, 0.2) is 35.3 Å². The van der Waals surface area contributed by atoms with Crippen LogP contribution < -0.4 is 15.5 Å². The first kappa shape index (κ1) is 20.1. The Hall–Kier alpha value is -0.980. The summed E-state index contributed by atoms with van der Waals surface area (Å²) in [4.78, 5) is 6.78. The summed E-state index contributed by atoms with van der Waals surface area (Å²) in [6, 6.07) is 11.1. The Bertz CT molecular complexity index is 482. The third-order valence-corrected chi connectivity index (χ3v) is 4.04. The van der Waals surface area contributed by atoms with Gasteiger partial charge in [0.05, 0.1) is 0 Å². The van der Waals surface area contributed by atoms with Crippen molar-refractivity contribution in [3.63, 3.8) is 0 Å². The molecule has 0 aromatic heterocycles. The Balaban J connectivity index is 0.00000264. The molecule has 0 saturated carbocycles. The van der Waals surface area contributed by atoms with Gasteiger partial charge in [-0.3, -0.25) is 4.99 Å². The molecule has 0 amide bonds. The molecule has 1 atom stereocenters. The van der Waals surface area contributed by atoms with Crippen molar-refractivity contribution >= 4 is 35.6 Å². The Morgan fingerprint density at radius 2 is 1.96 bits per heavy atom. The zero-order chi connectivity index (χ0) is 16.0. The molecule has 2 N–H and O–H groups in total. The van der Waals surface area contributed by atoms with Crippen molar-refractivity contribution in [2.45, 2.75) is 39.7 Å². The van der Waals surface area contributed by atoms with Gasteiger partial charge in [0, 0.05) is 38.4 Å². The van der Waals surface area contributed by atoms with Crippen molar-refractivity contribution in [3.05, 3.63) is 30.3 Å². The Labute approximate surface area is 158 Å². The molecule has 2 rings (SSSR count). The molecule has 130 valence electrons. The highest BCUT2D eigenvalue weighted by Crippen LogP contribution is 2.19. The fourth-order valence-electron chi connectivity index (χ4n) is 2.70. The van der Waals surface area contributed by atoms with E-state index in [0.717, 1.165) is 38.4 Å². The van der Waals surface area contributed by atoms with Crippen LogP contribution in [0.2, 0.25) is 0 Å². The van der Waals surface area contributed by atoms with Gasteiger partial charge in [-0.15, -0.1) is 24.0 Å². The third-order valence-electron chi connectivity index (χ3n) is 4.04.